The summed E-state index contributed by atoms with van der Waals surface area (Å²) in [6.07, 6.45) is 0. The van der Waals surface area contributed by atoms with Crippen LogP contribution in [0, 0.1) is 0 Å². The highest BCUT2D eigenvalue weighted by Crippen LogP contribution is 2.63. The van der Waals surface area contributed by atoms with Crippen LogP contribution >= 0.6 is 0 Å². The predicted molar refractivity (Wildman–Crippen MR) is 264 cm³/mol. The van der Waals surface area contributed by atoms with Crippen molar-refractivity contribution in [2.75, 3.05) is 4.90 Å². The maximum Gasteiger partial charge on any atom is 0.136 e. The van der Waals surface area contributed by atoms with Crippen molar-refractivity contribution in [1.82, 2.24) is 4.57 Å². The standard InChI is InChI=1S/C61H38N2O/c1-2-17-39(18-3-1)63-56-30-14-7-22-46(56)48-36-34-41(38-57(48)63)62(55-29-13-8-23-47(55)49-25-16-32-59-60(49)50-24-9-15-31-58(50)64-59)40-33-35-45-44-21-6-12-28-53(44)61(54(45)37-40)51-26-10-4-19-42(51)43-20-5-11-27-52(43)61/h1-38H. The van der Waals surface area contributed by atoms with Crippen molar-refractivity contribution >= 4 is 60.8 Å². The molecule has 0 fully saturated rings. The highest BCUT2D eigenvalue weighted by molar-refractivity contribution is 6.14. The molecule has 0 unspecified atom stereocenters. The van der Waals surface area contributed by atoms with E-state index in [1.54, 1.807) is 0 Å². The van der Waals surface area contributed by atoms with Crippen LogP contribution in [-0.2, 0) is 5.41 Å². The highest BCUT2D eigenvalue weighted by Gasteiger charge is 2.51. The molecular formula is C61H38N2O. The van der Waals surface area contributed by atoms with E-state index >= 15 is 0 Å². The molecule has 0 saturated carbocycles. The Bertz CT molecular complexity index is 3810. The number of hydrogen-bond donors (Lipinski definition) is 0. The van der Waals surface area contributed by atoms with Crippen LogP contribution in [0.15, 0.2) is 235 Å². The second kappa shape index (κ2) is 13.3. The van der Waals surface area contributed by atoms with Gasteiger partial charge in [-0.2, -0.15) is 0 Å². The maximum absolute atomic E-state index is 6.49. The first-order valence-electron chi connectivity index (χ1n) is 22.1. The number of aromatic nitrogens is 1. The topological polar surface area (TPSA) is 21.3 Å². The van der Waals surface area contributed by atoms with Gasteiger partial charge in [0.15, 0.2) is 0 Å². The minimum Gasteiger partial charge on any atom is -0.456 e. The Morgan fingerprint density at radius 3 is 1.62 bits per heavy atom. The second-order valence-electron chi connectivity index (χ2n) is 17.1. The Kier molecular flexibility index (Phi) is 7.32. The summed E-state index contributed by atoms with van der Waals surface area (Å²) in [5.41, 5.74) is 20.7. The maximum atomic E-state index is 6.49. The molecule has 10 aromatic carbocycles. The van der Waals surface area contributed by atoms with Crippen molar-refractivity contribution < 1.29 is 4.42 Å². The van der Waals surface area contributed by atoms with Gasteiger partial charge in [-0.1, -0.05) is 170 Å². The molecule has 64 heavy (non-hydrogen) atoms. The summed E-state index contributed by atoms with van der Waals surface area (Å²) in [5, 5.41) is 4.68. The van der Waals surface area contributed by atoms with E-state index in [1.807, 2.05) is 6.07 Å². The zero-order chi connectivity index (χ0) is 41.9. The molecule has 2 aromatic heterocycles. The minimum atomic E-state index is -0.481. The van der Waals surface area contributed by atoms with Crippen molar-refractivity contribution in [3.8, 4) is 39.1 Å². The molecule has 0 saturated heterocycles. The molecule has 3 heteroatoms. The third-order valence-corrected chi connectivity index (χ3v) is 14.0. The zero-order valence-electron chi connectivity index (χ0n) is 34.7. The predicted octanol–water partition coefficient (Wildman–Crippen LogP) is 16.2. The fourth-order valence-electron chi connectivity index (χ4n) is 11.5. The van der Waals surface area contributed by atoms with Gasteiger partial charge in [-0.05, 0) is 111 Å². The van der Waals surface area contributed by atoms with E-state index in [9.17, 15) is 0 Å². The summed E-state index contributed by atoms with van der Waals surface area (Å²) in [6.45, 7) is 0. The van der Waals surface area contributed by atoms with Crippen LogP contribution in [0.2, 0.25) is 0 Å². The smallest absolute Gasteiger partial charge is 0.136 e. The summed E-state index contributed by atoms with van der Waals surface area (Å²) < 4.78 is 8.91. The van der Waals surface area contributed by atoms with Gasteiger partial charge in [-0.25, -0.2) is 0 Å². The number of nitrogens with zero attached hydrogens (tertiary/aromatic N) is 2. The highest BCUT2D eigenvalue weighted by atomic mass is 16.3. The molecule has 0 amide bonds. The molecule has 0 atom stereocenters. The van der Waals surface area contributed by atoms with E-state index in [0.717, 1.165) is 61.3 Å². The zero-order valence-corrected chi connectivity index (χ0v) is 34.7. The van der Waals surface area contributed by atoms with E-state index in [0.29, 0.717) is 0 Å². The molecule has 298 valence electrons. The molecule has 1 spiro atoms. The molecule has 2 aliphatic rings. The molecular weight excluding hydrogens is 777 g/mol. The van der Waals surface area contributed by atoms with Crippen LogP contribution in [0.1, 0.15) is 22.3 Å². The lowest BCUT2D eigenvalue weighted by Gasteiger charge is -2.33. The SMILES string of the molecule is c1ccc(-n2c3ccccc3c3ccc(N(c4ccc5c(c4)C4(c6ccccc6-c6ccccc64)c4ccccc4-5)c4ccccc4-c4cccc5oc6ccccc6c45)cc32)cc1. The molecule has 2 heterocycles. The van der Waals surface area contributed by atoms with Crippen LogP contribution in [0.5, 0.6) is 0 Å². The van der Waals surface area contributed by atoms with E-state index in [2.05, 4.69) is 234 Å². The van der Waals surface area contributed by atoms with Crippen LogP contribution < -0.4 is 4.90 Å². The van der Waals surface area contributed by atoms with Gasteiger partial charge >= 0.3 is 0 Å². The second-order valence-corrected chi connectivity index (χ2v) is 17.1. The summed E-state index contributed by atoms with van der Waals surface area (Å²) >= 11 is 0. The monoisotopic (exact) mass is 814 g/mol. The normalized spacial score (nSPS) is 13.1. The number of benzene rings is 10. The molecule has 0 radical (unpaired) electrons. The average molecular weight is 815 g/mol. The van der Waals surface area contributed by atoms with Gasteiger partial charge in [0.05, 0.1) is 22.1 Å². The largest absolute Gasteiger partial charge is 0.456 e. The molecule has 12 aromatic rings. The Balaban J connectivity index is 1.08. The van der Waals surface area contributed by atoms with Gasteiger partial charge in [0.2, 0.25) is 0 Å². The minimum absolute atomic E-state index is 0.481. The van der Waals surface area contributed by atoms with Gasteiger partial charge in [0, 0.05) is 44.2 Å². The van der Waals surface area contributed by atoms with E-state index in [1.165, 1.54) is 60.8 Å². The van der Waals surface area contributed by atoms with E-state index < -0.39 is 5.41 Å². The molecule has 0 bridgehead atoms. The summed E-state index contributed by atoms with van der Waals surface area (Å²) in [6, 6.07) is 84.6. The summed E-state index contributed by atoms with van der Waals surface area (Å²) in [5.74, 6) is 0. The number of furan rings is 1. The average Bonchev–Trinajstić information content (AvgIpc) is 4.08. The van der Waals surface area contributed by atoms with Gasteiger partial charge < -0.3 is 13.9 Å². The first-order valence-corrected chi connectivity index (χ1v) is 22.1. The first-order chi connectivity index (χ1) is 31.8. The van der Waals surface area contributed by atoms with Crippen molar-refractivity contribution in [2.24, 2.45) is 0 Å². The molecule has 2 aliphatic carbocycles. The van der Waals surface area contributed by atoms with E-state index in [4.69, 9.17) is 4.42 Å². The molecule has 0 N–H and O–H groups in total. The van der Waals surface area contributed by atoms with Crippen molar-refractivity contribution in [2.45, 2.75) is 5.41 Å². The summed E-state index contributed by atoms with van der Waals surface area (Å²) in [4.78, 5) is 2.49. The Morgan fingerprint density at radius 1 is 0.344 bits per heavy atom. The molecule has 0 aliphatic heterocycles. The first kappa shape index (κ1) is 35.2. The number of anilines is 3. The van der Waals surface area contributed by atoms with Crippen LogP contribution in [0.4, 0.5) is 17.1 Å². The van der Waals surface area contributed by atoms with Crippen LogP contribution in [-0.4, -0.2) is 4.57 Å². The molecule has 14 rings (SSSR count). The lowest BCUT2D eigenvalue weighted by molar-refractivity contribution is 0.669. The lowest BCUT2D eigenvalue weighted by Crippen LogP contribution is -2.26. The Labute approximate surface area is 370 Å². The van der Waals surface area contributed by atoms with Crippen LogP contribution in [0.25, 0.3) is 82.8 Å². The van der Waals surface area contributed by atoms with Crippen molar-refractivity contribution in [3.05, 3.63) is 253 Å². The third kappa shape index (κ3) is 4.70. The van der Waals surface area contributed by atoms with Gasteiger partial charge in [-0.15, -0.1) is 0 Å². The van der Waals surface area contributed by atoms with Crippen LogP contribution in [0.3, 0.4) is 0 Å². The molecule has 3 nitrogen and oxygen atoms in total. The Hall–Kier alpha value is -8.40. The number of rotatable bonds is 5. The Morgan fingerprint density at radius 2 is 0.875 bits per heavy atom. The lowest BCUT2D eigenvalue weighted by atomic mass is 9.70. The van der Waals surface area contributed by atoms with E-state index in [-0.39, 0.29) is 0 Å². The number of fused-ring (bicyclic) bond motifs is 16. The fourth-order valence-corrected chi connectivity index (χ4v) is 11.5. The number of hydrogen-bond acceptors (Lipinski definition) is 2. The fraction of sp³-hybridized carbons (Fsp3) is 0.0164. The van der Waals surface area contributed by atoms with Gasteiger partial charge in [-0.3, -0.25) is 0 Å². The quantitative estimate of drug-likeness (QED) is 0.173. The van der Waals surface area contributed by atoms with Crippen molar-refractivity contribution in [1.29, 1.82) is 0 Å². The van der Waals surface area contributed by atoms with Gasteiger partial charge in [0.25, 0.3) is 0 Å². The van der Waals surface area contributed by atoms with Crippen molar-refractivity contribution in [3.63, 3.8) is 0 Å². The number of para-hydroxylation sites is 4. The van der Waals surface area contributed by atoms with Gasteiger partial charge in [0.1, 0.15) is 11.2 Å². The third-order valence-electron chi connectivity index (χ3n) is 14.0. The summed E-state index contributed by atoms with van der Waals surface area (Å²) in [7, 11) is 0.